The maximum absolute atomic E-state index is 13.3. The van der Waals surface area contributed by atoms with Gasteiger partial charge in [0.25, 0.3) is 5.91 Å². The normalized spacial score (nSPS) is 13.9. The van der Waals surface area contributed by atoms with Gasteiger partial charge in [-0.1, -0.05) is 24.3 Å². The fourth-order valence-corrected chi connectivity index (χ4v) is 5.73. The van der Waals surface area contributed by atoms with E-state index in [0.717, 1.165) is 0 Å². The van der Waals surface area contributed by atoms with Gasteiger partial charge >= 0.3 is 0 Å². The monoisotopic (exact) mass is 415 g/mol. The minimum atomic E-state index is -3.76. The predicted octanol–water partition coefficient (Wildman–Crippen LogP) is 3.42. The van der Waals surface area contributed by atoms with Crippen molar-refractivity contribution in [3.8, 4) is 11.5 Å². The Labute approximate surface area is 166 Å². The minimum Gasteiger partial charge on any atom is -0.454 e. The molecule has 0 saturated carbocycles. The second-order valence-corrected chi connectivity index (χ2v) is 9.25. The van der Waals surface area contributed by atoms with E-state index < -0.39 is 15.1 Å². The van der Waals surface area contributed by atoms with E-state index in [1.807, 2.05) is 11.4 Å². The van der Waals surface area contributed by atoms with Crippen molar-refractivity contribution < 1.29 is 22.7 Å². The lowest BCUT2D eigenvalue weighted by molar-refractivity contribution is 0.0953. The summed E-state index contributed by atoms with van der Waals surface area (Å²) in [6.45, 7) is 0.0331. The van der Waals surface area contributed by atoms with Crippen molar-refractivity contribution in [2.45, 2.75) is 10.1 Å². The summed E-state index contributed by atoms with van der Waals surface area (Å²) in [6.07, 6.45) is 0. The first kappa shape index (κ1) is 18.5. The Bertz CT molecular complexity index is 1080. The van der Waals surface area contributed by atoms with E-state index in [-0.39, 0.29) is 24.1 Å². The Kier molecular flexibility index (Phi) is 5.06. The molecule has 144 valence electrons. The number of hydrogen-bond acceptors (Lipinski definition) is 6. The van der Waals surface area contributed by atoms with Crippen molar-refractivity contribution >= 4 is 27.1 Å². The highest BCUT2D eigenvalue weighted by Gasteiger charge is 2.32. The number of hydrogen-bond donors (Lipinski definition) is 1. The Morgan fingerprint density at radius 3 is 2.57 bits per heavy atom. The lowest BCUT2D eigenvalue weighted by Crippen LogP contribution is -2.31. The molecule has 1 atom stereocenters. The van der Waals surface area contributed by atoms with Crippen LogP contribution in [0.5, 0.6) is 11.5 Å². The first-order valence-corrected chi connectivity index (χ1v) is 11.0. The highest BCUT2D eigenvalue weighted by atomic mass is 32.2. The van der Waals surface area contributed by atoms with Gasteiger partial charge in [-0.15, -0.1) is 11.3 Å². The number of carbonyl (C=O) groups is 1. The van der Waals surface area contributed by atoms with Gasteiger partial charge in [0.05, 0.1) is 4.90 Å². The summed E-state index contributed by atoms with van der Waals surface area (Å²) in [7, 11) is -3.76. The molecule has 1 aliphatic rings. The molecule has 3 aromatic rings. The van der Waals surface area contributed by atoms with Gasteiger partial charge < -0.3 is 14.8 Å². The summed E-state index contributed by atoms with van der Waals surface area (Å²) in [5.41, 5.74) is 0.480. The number of sulfone groups is 1. The van der Waals surface area contributed by atoms with Crippen LogP contribution in [0.15, 0.2) is 70.9 Å². The molecule has 2 heterocycles. The minimum absolute atomic E-state index is 0.0367. The van der Waals surface area contributed by atoms with Crippen molar-refractivity contribution in [2.75, 3.05) is 13.3 Å². The average molecular weight is 415 g/mol. The summed E-state index contributed by atoms with van der Waals surface area (Å²) in [5.74, 6) is 0.603. The number of ether oxygens (including phenoxy) is 2. The average Bonchev–Trinajstić information content (AvgIpc) is 3.40. The van der Waals surface area contributed by atoms with E-state index in [1.54, 1.807) is 42.5 Å². The SMILES string of the molecule is O=C(NC[C@@H](c1cccs1)S(=O)(=O)c1ccc2c(c1)OCO2)c1ccccc1. The summed E-state index contributed by atoms with van der Waals surface area (Å²) in [6, 6.07) is 16.8. The molecule has 2 aromatic carbocycles. The van der Waals surface area contributed by atoms with Crippen LogP contribution < -0.4 is 14.8 Å². The number of fused-ring (bicyclic) bond motifs is 1. The van der Waals surface area contributed by atoms with Crippen LogP contribution in [0.2, 0.25) is 0 Å². The lowest BCUT2D eigenvalue weighted by atomic mass is 10.2. The third-order valence-electron chi connectivity index (χ3n) is 4.39. The predicted molar refractivity (Wildman–Crippen MR) is 106 cm³/mol. The van der Waals surface area contributed by atoms with Crippen LogP contribution in [0.3, 0.4) is 0 Å². The third-order valence-corrected chi connectivity index (χ3v) is 7.61. The molecule has 1 aliphatic heterocycles. The standard InChI is InChI=1S/C20H17NO5S2/c22-20(14-5-2-1-3-6-14)21-12-19(18-7-4-10-27-18)28(23,24)15-8-9-16-17(11-15)26-13-25-16/h1-11,19H,12-13H2,(H,21,22)/t19-/m0/s1. The Morgan fingerprint density at radius 2 is 1.82 bits per heavy atom. The Hall–Kier alpha value is -2.84. The van der Waals surface area contributed by atoms with Gasteiger partial charge in [0.1, 0.15) is 5.25 Å². The van der Waals surface area contributed by atoms with Gasteiger partial charge in [-0.05, 0) is 35.7 Å². The van der Waals surface area contributed by atoms with E-state index in [2.05, 4.69) is 5.32 Å². The number of nitrogens with one attached hydrogen (secondary N) is 1. The number of carbonyl (C=O) groups excluding carboxylic acids is 1. The molecule has 0 spiro atoms. The van der Waals surface area contributed by atoms with Crippen molar-refractivity contribution in [1.82, 2.24) is 5.32 Å². The zero-order chi connectivity index (χ0) is 19.6. The lowest BCUT2D eigenvalue weighted by Gasteiger charge is -2.18. The van der Waals surface area contributed by atoms with Crippen molar-refractivity contribution in [3.63, 3.8) is 0 Å². The van der Waals surface area contributed by atoms with E-state index in [1.165, 1.54) is 23.5 Å². The second kappa shape index (κ2) is 7.65. The fraction of sp³-hybridized carbons (Fsp3) is 0.150. The molecule has 1 N–H and O–H groups in total. The van der Waals surface area contributed by atoms with E-state index in [9.17, 15) is 13.2 Å². The zero-order valence-corrected chi connectivity index (χ0v) is 16.3. The zero-order valence-electron chi connectivity index (χ0n) is 14.7. The number of benzene rings is 2. The summed E-state index contributed by atoms with van der Waals surface area (Å²) < 4.78 is 37.2. The number of amides is 1. The molecule has 0 aliphatic carbocycles. The summed E-state index contributed by atoms with van der Waals surface area (Å²) >= 11 is 1.34. The van der Waals surface area contributed by atoms with Gasteiger partial charge in [-0.25, -0.2) is 8.42 Å². The van der Waals surface area contributed by atoms with E-state index in [0.29, 0.717) is 21.9 Å². The highest BCUT2D eigenvalue weighted by Crippen LogP contribution is 2.38. The third kappa shape index (κ3) is 3.61. The quantitative estimate of drug-likeness (QED) is 0.667. The molecule has 6 nitrogen and oxygen atoms in total. The molecule has 1 amide bonds. The Morgan fingerprint density at radius 1 is 1.04 bits per heavy atom. The van der Waals surface area contributed by atoms with Gasteiger partial charge in [-0.3, -0.25) is 4.79 Å². The molecule has 0 bridgehead atoms. The second-order valence-electron chi connectivity index (χ2n) is 6.14. The first-order chi connectivity index (χ1) is 13.6. The molecule has 28 heavy (non-hydrogen) atoms. The largest absolute Gasteiger partial charge is 0.454 e. The van der Waals surface area contributed by atoms with Gasteiger partial charge in [0.15, 0.2) is 21.3 Å². The van der Waals surface area contributed by atoms with Crippen LogP contribution in [-0.4, -0.2) is 27.7 Å². The molecular formula is C20H17NO5S2. The van der Waals surface area contributed by atoms with Crippen LogP contribution >= 0.6 is 11.3 Å². The molecule has 0 saturated heterocycles. The van der Waals surface area contributed by atoms with E-state index >= 15 is 0 Å². The van der Waals surface area contributed by atoms with Crippen LogP contribution in [0.1, 0.15) is 20.5 Å². The van der Waals surface area contributed by atoms with Crippen LogP contribution in [0.25, 0.3) is 0 Å². The van der Waals surface area contributed by atoms with Crippen molar-refractivity contribution in [3.05, 3.63) is 76.5 Å². The van der Waals surface area contributed by atoms with E-state index in [4.69, 9.17) is 9.47 Å². The number of rotatable bonds is 6. The maximum atomic E-state index is 13.3. The maximum Gasteiger partial charge on any atom is 0.251 e. The first-order valence-electron chi connectivity index (χ1n) is 8.56. The molecule has 8 heteroatoms. The van der Waals surface area contributed by atoms with Gasteiger partial charge in [0.2, 0.25) is 6.79 Å². The van der Waals surface area contributed by atoms with Gasteiger partial charge in [-0.2, -0.15) is 0 Å². The van der Waals surface area contributed by atoms with Gasteiger partial charge in [0, 0.05) is 23.1 Å². The smallest absolute Gasteiger partial charge is 0.251 e. The van der Waals surface area contributed by atoms with Crippen molar-refractivity contribution in [1.29, 1.82) is 0 Å². The summed E-state index contributed by atoms with van der Waals surface area (Å²) in [5, 5.41) is 3.66. The topological polar surface area (TPSA) is 81.7 Å². The molecule has 0 fully saturated rings. The van der Waals surface area contributed by atoms with Crippen LogP contribution in [0, 0.1) is 0 Å². The molecule has 0 unspecified atom stereocenters. The fourth-order valence-electron chi connectivity index (χ4n) is 2.93. The number of thiophene rings is 1. The molecule has 0 radical (unpaired) electrons. The molecule has 1 aromatic heterocycles. The summed E-state index contributed by atoms with van der Waals surface area (Å²) in [4.78, 5) is 13.2. The van der Waals surface area contributed by atoms with Crippen LogP contribution in [-0.2, 0) is 9.84 Å². The Balaban J connectivity index is 1.62. The van der Waals surface area contributed by atoms with Crippen molar-refractivity contribution in [2.24, 2.45) is 0 Å². The molecular weight excluding hydrogens is 398 g/mol. The highest BCUT2D eigenvalue weighted by molar-refractivity contribution is 7.91. The molecule has 4 rings (SSSR count). The van der Waals surface area contributed by atoms with Crippen LogP contribution in [0.4, 0.5) is 0 Å².